The van der Waals surface area contributed by atoms with Crippen LogP contribution in [0.5, 0.6) is 0 Å². The molecule has 0 radical (unpaired) electrons. The van der Waals surface area contributed by atoms with Gasteiger partial charge in [0.25, 0.3) is 0 Å². The molecule has 6 nitrogen and oxygen atoms in total. The van der Waals surface area contributed by atoms with Crippen LogP contribution in [0.25, 0.3) is 0 Å². The lowest BCUT2D eigenvalue weighted by molar-refractivity contribution is -0.139. The molecule has 1 aliphatic heterocycles. The van der Waals surface area contributed by atoms with Crippen LogP contribution in [0.1, 0.15) is 41.7 Å². The molecule has 2 heterocycles. The number of aryl methyl sites for hydroxylation is 1. The highest BCUT2D eigenvalue weighted by atomic mass is 16.4. The van der Waals surface area contributed by atoms with Crippen LogP contribution in [-0.2, 0) is 11.3 Å². The summed E-state index contributed by atoms with van der Waals surface area (Å²) in [6.45, 7) is 5.06. The number of hydrogen-bond acceptors (Lipinski definition) is 4. The normalized spacial score (nSPS) is 20.0. The van der Waals surface area contributed by atoms with Gasteiger partial charge in [-0.05, 0) is 25.0 Å². The van der Waals surface area contributed by atoms with Crippen LogP contribution in [0.3, 0.4) is 0 Å². The fraction of sp³-hybridized carbons (Fsp3) is 0.400. The number of H-pyrrole nitrogens is 1. The first-order chi connectivity index (χ1) is 10.1. The van der Waals surface area contributed by atoms with Gasteiger partial charge in [0.1, 0.15) is 5.82 Å². The van der Waals surface area contributed by atoms with E-state index in [2.05, 4.69) is 20.1 Å². The molecule has 2 atom stereocenters. The summed E-state index contributed by atoms with van der Waals surface area (Å²) in [5, 5.41) is 16.5. The standard InChI is InChI=1S/C15H18N4O2/c1-9(14-16-10(2)17-18-14)19-7-11-5-3-4-6-12(11)13(8-19)15(20)21/h3-6,9,13H,7-8H2,1-2H3,(H,20,21)(H,16,17,18). The van der Waals surface area contributed by atoms with E-state index in [9.17, 15) is 9.90 Å². The first-order valence-corrected chi connectivity index (χ1v) is 7.00. The highest BCUT2D eigenvalue weighted by Crippen LogP contribution is 2.32. The molecule has 0 bridgehead atoms. The fourth-order valence-corrected chi connectivity index (χ4v) is 2.85. The maximum absolute atomic E-state index is 11.6. The topological polar surface area (TPSA) is 82.1 Å². The minimum atomic E-state index is -0.787. The average molecular weight is 286 g/mol. The van der Waals surface area contributed by atoms with E-state index < -0.39 is 11.9 Å². The zero-order chi connectivity index (χ0) is 15.0. The molecule has 0 amide bonds. The van der Waals surface area contributed by atoms with Crippen molar-refractivity contribution in [1.29, 1.82) is 0 Å². The van der Waals surface area contributed by atoms with Gasteiger partial charge in [-0.3, -0.25) is 14.8 Å². The molecule has 0 fully saturated rings. The van der Waals surface area contributed by atoms with E-state index in [0.717, 1.165) is 17.0 Å². The molecule has 0 saturated carbocycles. The Morgan fingerprint density at radius 1 is 1.48 bits per heavy atom. The molecule has 3 rings (SSSR count). The minimum Gasteiger partial charge on any atom is -0.481 e. The van der Waals surface area contributed by atoms with Crippen LogP contribution < -0.4 is 0 Å². The smallest absolute Gasteiger partial charge is 0.312 e. The van der Waals surface area contributed by atoms with Gasteiger partial charge in [-0.25, -0.2) is 4.98 Å². The molecule has 1 aromatic carbocycles. The quantitative estimate of drug-likeness (QED) is 0.900. The predicted octanol–water partition coefficient (Wildman–Crippen LogP) is 1.86. The molecule has 6 heteroatoms. The largest absolute Gasteiger partial charge is 0.481 e. The summed E-state index contributed by atoms with van der Waals surface area (Å²) in [6, 6.07) is 7.72. The number of nitrogens with one attached hydrogen (secondary N) is 1. The molecule has 2 unspecified atom stereocenters. The third kappa shape index (κ3) is 2.54. The van der Waals surface area contributed by atoms with Crippen LogP contribution in [-0.4, -0.2) is 37.7 Å². The van der Waals surface area contributed by atoms with E-state index in [1.54, 1.807) is 0 Å². The fourth-order valence-electron chi connectivity index (χ4n) is 2.85. The van der Waals surface area contributed by atoms with Crippen molar-refractivity contribution in [3.8, 4) is 0 Å². The van der Waals surface area contributed by atoms with Gasteiger partial charge in [0.15, 0.2) is 5.82 Å². The van der Waals surface area contributed by atoms with E-state index in [0.29, 0.717) is 18.9 Å². The Bertz CT molecular complexity index is 667. The summed E-state index contributed by atoms with van der Waals surface area (Å²) in [6.07, 6.45) is 0. The van der Waals surface area contributed by atoms with Crippen molar-refractivity contribution in [2.24, 2.45) is 0 Å². The number of nitrogens with zero attached hydrogens (tertiary/aromatic N) is 3. The molecule has 0 spiro atoms. The third-order valence-electron chi connectivity index (χ3n) is 4.06. The van der Waals surface area contributed by atoms with Gasteiger partial charge < -0.3 is 5.11 Å². The monoisotopic (exact) mass is 286 g/mol. The maximum Gasteiger partial charge on any atom is 0.312 e. The summed E-state index contributed by atoms with van der Waals surface area (Å²) in [5.74, 6) is 0.183. The first-order valence-electron chi connectivity index (χ1n) is 7.00. The van der Waals surface area contributed by atoms with Crippen molar-refractivity contribution in [2.75, 3.05) is 6.54 Å². The first kappa shape index (κ1) is 13.8. The number of fused-ring (bicyclic) bond motifs is 1. The molecular formula is C15H18N4O2. The number of rotatable bonds is 3. The Morgan fingerprint density at radius 2 is 2.24 bits per heavy atom. The molecule has 1 aliphatic rings. The van der Waals surface area contributed by atoms with Gasteiger partial charge in [-0.1, -0.05) is 24.3 Å². The van der Waals surface area contributed by atoms with Crippen LogP contribution in [0, 0.1) is 6.92 Å². The van der Waals surface area contributed by atoms with E-state index >= 15 is 0 Å². The summed E-state index contributed by atoms with van der Waals surface area (Å²) in [5.41, 5.74) is 1.98. The van der Waals surface area contributed by atoms with Crippen molar-refractivity contribution in [2.45, 2.75) is 32.4 Å². The number of benzene rings is 1. The SMILES string of the molecule is Cc1nc(C(C)N2Cc3ccccc3C(C(=O)O)C2)n[nH]1. The molecule has 0 aliphatic carbocycles. The summed E-state index contributed by atoms with van der Waals surface area (Å²) >= 11 is 0. The van der Waals surface area contributed by atoms with Gasteiger partial charge in [-0.2, -0.15) is 5.10 Å². The van der Waals surface area contributed by atoms with Crippen molar-refractivity contribution < 1.29 is 9.90 Å². The zero-order valence-corrected chi connectivity index (χ0v) is 12.1. The predicted molar refractivity (Wildman–Crippen MR) is 76.8 cm³/mol. The van der Waals surface area contributed by atoms with Crippen LogP contribution >= 0.6 is 0 Å². The highest BCUT2D eigenvalue weighted by molar-refractivity contribution is 5.77. The van der Waals surface area contributed by atoms with Crippen LogP contribution in [0.4, 0.5) is 0 Å². The molecule has 110 valence electrons. The average Bonchev–Trinajstić information content (AvgIpc) is 2.91. The van der Waals surface area contributed by atoms with Crippen molar-refractivity contribution in [1.82, 2.24) is 20.1 Å². The highest BCUT2D eigenvalue weighted by Gasteiger charge is 2.33. The Kier molecular flexibility index (Phi) is 3.47. The van der Waals surface area contributed by atoms with Crippen molar-refractivity contribution >= 4 is 5.97 Å². The Balaban J connectivity index is 1.91. The van der Waals surface area contributed by atoms with Crippen molar-refractivity contribution in [3.05, 3.63) is 47.0 Å². The number of carbonyl (C=O) groups is 1. The lowest BCUT2D eigenvalue weighted by Gasteiger charge is -2.35. The van der Waals surface area contributed by atoms with Gasteiger partial charge >= 0.3 is 5.97 Å². The Labute approximate surface area is 122 Å². The van der Waals surface area contributed by atoms with Crippen LogP contribution in [0.15, 0.2) is 24.3 Å². The van der Waals surface area contributed by atoms with E-state index in [4.69, 9.17) is 0 Å². The lowest BCUT2D eigenvalue weighted by Crippen LogP contribution is -2.38. The second-order valence-corrected chi connectivity index (χ2v) is 5.47. The summed E-state index contributed by atoms with van der Waals surface area (Å²) in [7, 11) is 0. The number of aromatic amines is 1. The number of hydrogen-bond donors (Lipinski definition) is 2. The Hall–Kier alpha value is -2.21. The minimum absolute atomic E-state index is 0.0230. The van der Waals surface area contributed by atoms with Gasteiger partial charge in [0.05, 0.1) is 12.0 Å². The second kappa shape index (κ2) is 5.29. The Morgan fingerprint density at radius 3 is 2.90 bits per heavy atom. The number of aromatic nitrogens is 3. The lowest BCUT2D eigenvalue weighted by atomic mass is 9.89. The number of carboxylic acid groups (broad SMARTS) is 1. The number of carboxylic acids is 1. The molecule has 21 heavy (non-hydrogen) atoms. The summed E-state index contributed by atoms with van der Waals surface area (Å²) < 4.78 is 0. The number of aliphatic carboxylic acids is 1. The zero-order valence-electron chi connectivity index (χ0n) is 12.1. The van der Waals surface area contributed by atoms with Crippen LogP contribution in [0.2, 0.25) is 0 Å². The van der Waals surface area contributed by atoms with Gasteiger partial charge in [0, 0.05) is 13.1 Å². The third-order valence-corrected chi connectivity index (χ3v) is 4.06. The molecular weight excluding hydrogens is 268 g/mol. The van der Waals surface area contributed by atoms with Gasteiger partial charge in [0.2, 0.25) is 0 Å². The molecule has 0 saturated heterocycles. The molecule has 2 aromatic rings. The summed E-state index contributed by atoms with van der Waals surface area (Å²) in [4.78, 5) is 18.0. The van der Waals surface area contributed by atoms with Crippen molar-refractivity contribution in [3.63, 3.8) is 0 Å². The van der Waals surface area contributed by atoms with E-state index in [1.807, 2.05) is 38.1 Å². The van der Waals surface area contributed by atoms with E-state index in [-0.39, 0.29) is 6.04 Å². The second-order valence-electron chi connectivity index (χ2n) is 5.47. The van der Waals surface area contributed by atoms with Gasteiger partial charge in [-0.15, -0.1) is 0 Å². The molecule has 1 aromatic heterocycles. The maximum atomic E-state index is 11.6. The van der Waals surface area contributed by atoms with E-state index in [1.165, 1.54) is 0 Å². The molecule has 2 N–H and O–H groups in total.